The van der Waals surface area contributed by atoms with Crippen molar-refractivity contribution in [1.29, 1.82) is 15.8 Å². The van der Waals surface area contributed by atoms with Crippen LogP contribution in [0.1, 0.15) is 55.6 Å². The third kappa shape index (κ3) is 30.6. The summed E-state index contributed by atoms with van der Waals surface area (Å²) in [4.78, 5) is 33.8. The molecule has 0 unspecified atom stereocenters. The van der Waals surface area contributed by atoms with E-state index in [0.717, 1.165) is 31.3 Å². The normalized spacial score (nSPS) is 12.6. The predicted molar refractivity (Wildman–Crippen MR) is 336 cm³/mol. The number of halogens is 22. The van der Waals surface area contributed by atoms with E-state index in [4.69, 9.17) is 85.4 Å². The molecule has 0 aliphatic heterocycles. The maximum absolute atomic E-state index is 13.6. The summed E-state index contributed by atoms with van der Waals surface area (Å²) in [6, 6.07) is 12.6. The Bertz CT molecular complexity index is 3970. The Balaban J connectivity index is 0.00000145. The van der Waals surface area contributed by atoms with Crippen molar-refractivity contribution in [2.75, 3.05) is 6.54 Å². The van der Waals surface area contributed by atoms with Crippen LogP contribution in [0.15, 0.2) is 97.1 Å². The number of hydrogen-bond donors (Lipinski definition) is 0. The summed E-state index contributed by atoms with van der Waals surface area (Å²) in [5.74, 6) is -2.18. The molecule has 0 aromatic heterocycles. The monoisotopic (exact) mass is 1440 g/mol. The van der Waals surface area contributed by atoms with E-state index in [-0.39, 0.29) is 46.5 Å². The van der Waals surface area contributed by atoms with Crippen LogP contribution in [-0.2, 0) is 59.0 Å². The number of alkyl halides is 18. The first-order valence-electron chi connectivity index (χ1n) is 24.8. The second-order valence-corrected chi connectivity index (χ2v) is 33.6. The van der Waals surface area contributed by atoms with Crippen LogP contribution in [0.5, 0.6) is 0 Å². The van der Waals surface area contributed by atoms with Gasteiger partial charge in [-0.1, -0.05) is 24.3 Å². The second kappa shape index (κ2) is 38.2. The third-order valence-corrected chi connectivity index (χ3v) is 10.8. The van der Waals surface area contributed by atoms with Gasteiger partial charge in [0.1, 0.15) is 6.07 Å². The van der Waals surface area contributed by atoms with Crippen molar-refractivity contribution in [1.82, 2.24) is 0 Å². The first-order valence-corrected chi connectivity index (χ1v) is 33.4. The molecule has 0 spiro atoms. The number of rotatable bonds is 5. The fourth-order valence-electron chi connectivity index (χ4n) is 7.23. The molecule has 472 valence electrons. The van der Waals surface area contributed by atoms with Gasteiger partial charge in [-0.3, -0.25) is 9.59 Å². The van der Waals surface area contributed by atoms with E-state index in [1.54, 1.807) is 6.07 Å². The molecule has 43 heteroatoms. The zero-order valence-electron chi connectivity index (χ0n) is 48.2. The van der Waals surface area contributed by atoms with Gasteiger partial charge in [0.2, 0.25) is 0 Å². The number of ketones is 2. The molecule has 0 bridgehead atoms. The summed E-state index contributed by atoms with van der Waals surface area (Å²) in [7, 11) is 59.9. The summed E-state index contributed by atoms with van der Waals surface area (Å²) in [6.07, 6.45) is -30.5. The predicted octanol–water partition coefficient (Wildman–Crippen LogP) is 12.8. The van der Waals surface area contributed by atoms with E-state index in [0.29, 0.717) is 48.6 Å². The summed E-state index contributed by atoms with van der Waals surface area (Å²) < 4.78 is 240. The van der Waals surface area contributed by atoms with Crippen molar-refractivity contribution in [2.24, 2.45) is 0 Å². The molecular formula is C53H24B12Cl4F18N6O2Ti. The van der Waals surface area contributed by atoms with Crippen molar-refractivity contribution in [3.63, 3.8) is 0 Å². The molecule has 0 atom stereocenters. The van der Waals surface area contributed by atoms with Gasteiger partial charge in [-0.25, -0.2) is 26.8 Å². The van der Waals surface area contributed by atoms with Gasteiger partial charge in [-0.15, -0.1) is 0 Å². The van der Waals surface area contributed by atoms with Crippen LogP contribution < -0.4 is 10.4 Å². The fraction of sp³-hybridized carbons (Fsp3) is 0.170. The molecule has 0 saturated heterocycles. The van der Waals surface area contributed by atoms with Gasteiger partial charge in [0.05, 0.1) is 58.7 Å². The minimum atomic E-state index is -5.25. The Morgan fingerprint density at radius 3 is 0.917 bits per heavy atom. The van der Waals surface area contributed by atoms with E-state index in [2.05, 4.69) is 53.2 Å². The number of benzene rings is 5. The topological polar surface area (TPSA) is 119 Å². The number of hydrogen-bond acceptors (Lipinski definition) is 5. The standard InChI is InChI=1S/C28H11F9N4.C22H11F9O2.C3H2N2.B5.B4.B3.4ClH.Ti/c1-14-4-15(6-17(5-14)26(29,30)31)20-10-23(25(13-39)41-3)21(11-22(20)24(12-38)40-2)16-7-18(27(32,33)34)9-19(8-16)28(35,36)37;1-10-2-11(4-13(3-10)20(23,24)25)16-8-19(33)17(9-18(16)32)12-5-14(21(26,27)28)7-15(6-12)22(29,30)31;1-5-3-2-4;1-4-5(2)3;1-4(2)3;1-3-2;;;;;/h4-11H,1H3;2-9H,1H3;3H2;;;;4*1H;/q;;;;;;;;;;+4/p-4/b24-22-,25-23+;;;;;;;;;;. The summed E-state index contributed by atoms with van der Waals surface area (Å²) in [5, 5.41) is 25.7. The quantitative estimate of drug-likeness (QED) is 0.0571. The van der Waals surface area contributed by atoms with Gasteiger partial charge in [0.25, 0.3) is 17.9 Å². The van der Waals surface area contributed by atoms with Crippen molar-refractivity contribution in [2.45, 2.75) is 50.9 Å². The van der Waals surface area contributed by atoms with Gasteiger partial charge in [-0.2, -0.15) is 84.3 Å². The van der Waals surface area contributed by atoms with Crippen LogP contribution in [0.25, 0.3) is 59.3 Å². The van der Waals surface area contributed by atoms with Crippen LogP contribution in [0.2, 0.25) is 0 Å². The molecule has 5 aromatic rings. The Hall–Kier alpha value is -7.01. The van der Waals surface area contributed by atoms with Crippen molar-refractivity contribution in [3.8, 4) is 40.5 Å². The summed E-state index contributed by atoms with van der Waals surface area (Å²) in [6.45, 7) is 23.3. The average molecular weight is 1440 g/mol. The molecule has 6 rings (SSSR count). The van der Waals surface area contributed by atoms with Crippen LogP contribution in [0.3, 0.4) is 0 Å². The molecule has 0 amide bonds. The zero-order valence-corrected chi connectivity index (χ0v) is 52.8. The molecule has 96 heavy (non-hydrogen) atoms. The number of nitriles is 3. The molecule has 0 fully saturated rings. The minimum absolute atomic E-state index is 0.0139. The molecular weight excluding hydrogens is 1410 g/mol. The number of allylic oxidation sites excluding steroid dienone is 4. The van der Waals surface area contributed by atoms with E-state index in [1.807, 2.05) is 0 Å². The third-order valence-electron chi connectivity index (χ3n) is 10.8. The van der Waals surface area contributed by atoms with E-state index in [1.165, 1.54) is 45.2 Å². The Kier molecular flexibility index (Phi) is 35.4. The number of carbonyl (C=O) groups is 2. The van der Waals surface area contributed by atoms with Gasteiger partial charge in [0, 0.05) is 99.9 Å². The van der Waals surface area contributed by atoms with Crippen LogP contribution in [0, 0.1) is 67.6 Å². The Morgan fingerprint density at radius 2 is 0.708 bits per heavy atom. The average Bonchev–Trinajstić information content (AvgIpc) is 0.767. The molecule has 1 aliphatic rings. The molecule has 8 nitrogen and oxygen atoms in total. The second-order valence-electron chi connectivity index (χ2n) is 18.1. The van der Waals surface area contributed by atoms with E-state index < -0.39 is 157 Å². The first kappa shape index (κ1) is 89.0. The summed E-state index contributed by atoms with van der Waals surface area (Å²) in [5.41, 5.74) is -14.6. The molecule has 1 aliphatic carbocycles. The van der Waals surface area contributed by atoms with Gasteiger partial charge >= 0.3 is 86.6 Å². The maximum atomic E-state index is 13.6. The Morgan fingerprint density at radius 1 is 0.479 bits per heavy atom. The van der Waals surface area contributed by atoms with Gasteiger partial charge < -0.3 is 4.85 Å². The molecule has 0 saturated carbocycles. The van der Waals surface area contributed by atoms with Gasteiger partial charge in [0.15, 0.2) is 11.6 Å². The molecule has 0 heterocycles. The van der Waals surface area contributed by atoms with Gasteiger partial charge in [-0.05, 0) is 142 Å². The van der Waals surface area contributed by atoms with E-state index >= 15 is 0 Å². The fourth-order valence-corrected chi connectivity index (χ4v) is 7.23. The summed E-state index contributed by atoms with van der Waals surface area (Å²) >= 11 is -3.11. The Labute approximate surface area is 568 Å². The zero-order chi connectivity index (χ0) is 75.0. The number of aryl methyl sites for hydroxylation is 2. The van der Waals surface area contributed by atoms with Crippen LogP contribution in [-0.4, -0.2) is 107 Å². The molecule has 0 N–H and O–H groups in total. The van der Waals surface area contributed by atoms with Crippen LogP contribution in [0.4, 0.5) is 79.0 Å². The first-order chi connectivity index (χ1) is 43.7. The molecule has 18 radical (unpaired) electrons. The van der Waals surface area contributed by atoms with Crippen LogP contribution >= 0.6 is 37.2 Å². The number of carbonyl (C=O) groups excluding carboxylic acids is 2. The van der Waals surface area contributed by atoms with E-state index in [9.17, 15) is 99.1 Å². The number of nitrogens with zero attached hydrogens (tertiary/aromatic N) is 6. The van der Waals surface area contributed by atoms with Crippen molar-refractivity contribution in [3.05, 3.63) is 197 Å². The molecule has 5 aromatic carbocycles. The van der Waals surface area contributed by atoms with Crippen molar-refractivity contribution >= 4 is 160 Å². The SMILES string of the molecule is Cc1cc(C2=CC(=O)C(c3cc(C(F)(F)F)cc(C(F)(F)F)c3)=CC2=O)cc(C(F)(F)F)c1.[B]B([B])[B].[B][B]B([B])[B].[B][B][B].[C-]#[N+]/C(C#N)=c1/cc(-c2cc(C(F)(F)F)cc(C(F)(F)F)c2)/c(=C(\C#N)[N+]#[C-])cc1-c1cc(C)cc(C(F)(F)F)c1.[C-]#[N+]CC#N.[Cl][Ti]([Cl])([Cl])[Cl]. The van der Waals surface area contributed by atoms with Crippen molar-refractivity contribution < 1.29 is 101 Å².